The first-order chi connectivity index (χ1) is 6.56. The first-order valence-corrected chi connectivity index (χ1v) is 4.95. The van der Waals surface area contributed by atoms with Crippen molar-refractivity contribution in [3.05, 3.63) is 28.8 Å². The standard InChI is InChI=1S/C11H15ClO2/c1-7(2)11(13)8-4-5-10(14-3)9(12)6-8/h4-7,11,13H,1-3H3. The summed E-state index contributed by atoms with van der Waals surface area (Å²) in [6.45, 7) is 3.92. The van der Waals surface area contributed by atoms with E-state index in [1.165, 1.54) is 0 Å². The number of aliphatic hydroxyl groups excluding tert-OH is 1. The number of benzene rings is 1. The molecule has 0 radical (unpaired) electrons. The summed E-state index contributed by atoms with van der Waals surface area (Å²) in [4.78, 5) is 0. The molecule has 0 fully saturated rings. The second kappa shape index (κ2) is 4.67. The molecule has 78 valence electrons. The molecule has 1 rings (SSSR count). The molecule has 0 spiro atoms. The lowest BCUT2D eigenvalue weighted by Crippen LogP contribution is -2.05. The Hall–Kier alpha value is -0.730. The average molecular weight is 215 g/mol. The zero-order valence-electron chi connectivity index (χ0n) is 8.62. The molecule has 0 aliphatic heterocycles. The van der Waals surface area contributed by atoms with Gasteiger partial charge in [0, 0.05) is 0 Å². The van der Waals surface area contributed by atoms with Gasteiger partial charge in [-0.1, -0.05) is 31.5 Å². The van der Waals surface area contributed by atoms with E-state index in [1.807, 2.05) is 19.9 Å². The minimum Gasteiger partial charge on any atom is -0.495 e. The van der Waals surface area contributed by atoms with Crippen molar-refractivity contribution in [3.63, 3.8) is 0 Å². The van der Waals surface area contributed by atoms with Crippen LogP contribution in [0.25, 0.3) is 0 Å². The van der Waals surface area contributed by atoms with Crippen molar-refractivity contribution in [1.82, 2.24) is 0 Å². The lowest BCUT2D eigenvalue weighted by molar-refractivity contribution is 0.127. The van der Waals surface area contributed by atoms with Crippen LogP contribution in [0.2, 0.25) is 5.02 Å². The fourth-order valence-corrected chi connectivity index (χ4v) is 1.52. The van der Waals surface area contributed by atoms with Crippen LogP contribution >= 0.6 is 11.6 Å². The van der Waals surface area contributed by atoms with E-state index in [4.69, 9.17) is 16.3 Å². The lowest BCUT2D eigenvalue weighted by Gasteiger charge is -2.15. The second-order valence-corrected chi connectivity index (χ2v) is 3.99. The maximum Gasteiger partial charge on any atom is 0.137 e. The molecule has 1 atom stereocenters. The fourth-order valence-electron chi connectivity index (χ4n) is 1.25. The van der Waals surface area contributed by atoms with Gasteiger partial charge in [-0.3, -0.25) is 0 Å². The van der Waals surface area contributed by atoms with Gasteiger partial charge < -0.3 is 9.84 Å². The minimum absolute atomic E-state index is 0.180. The minimum atomic E-state index is -0.474. The molecular formula is C11H15ClO2. The number of halogens is 1. The molecule has 0 bridgehead atoms. The quantitative estimate of drug-likeness (QED) is 0.838. The fraction of sp³-hybridized carbons (Fsp3) is 0.455. The van der Waals surface area contributed by atoms with Gasteiger partial charge in [-0.2, -0.15) is 0 Å². The van der Waals surface area contributed by atoms with E-state index < -0.39 is 6.10 Å². The predicted octanol–water partition coefficient (Wildman–Crippen LogP) is 3.04. The van der Waals surface area contributed by atoms with E-state index >= 15 is 0 Å². The highest BCUT2D eigenvalue weighted by molar-refractivity contribution is 6.32. The van der Waals surface area contributed by atoms with E-state index in [9.17, 15) is 5.11 Å². The van der Waals surface area contributed by atoms with Crippen LogP contribution < -0.4 is 4.74 Å². The number of aliphatic hydroxyl groups is 1. The first kappa shape index (κ1) is 11.3. The smallest absolute Gasteiger partial charge is 0.137 e. The molecule has 14 heavy (non-hydrogen) atoms. The van der Waals surface area contributed by atoms with E-state index in [2.05, 4.69) is 0 Å². The first-order valence-electron chi connectivity index (χ1n) is 4.57. The molecule has 2 nitrogen and oxygen atoms in total. The molecule has 0 aromatic heterocycles. The highest BCUT2D eigenvalue weighted by Gasteiger charge is 2.13. The van der Waals surface area contributed by atoms with Gasteiger partial charge >= 0.3 is 0 Å². The Bertz CT molecular complexity index is 310. The summed E-state index contributed by atoms with van der Waals surface area (Å²) in [6, 6.07) is 5.34. The molecule has 1 aromatic rings. The van der Waals surface area contributed by atoms with Crippen LogP contribution in [0.5, 0.6) is 5.75 Å². The van der Waals surface area contributed by atoms with Crippen LogP contribution in [0.4, 0.5) is 0 Å². The Labute approximate surface area is 89.5 Å². The number of hydrogen-bond acceptors (Lipinski definition) is 2. The molecule has 0 aliphatic carbocycles. The lowest BCUT2D eigenvalue weighted by atomic mass is 9.99. The van der Waals surface area contributed by atoms with Gasteiger partial charge in [0.05, 0.1) is 18.2 Å². The second-order valence-electron chi connectivity index (χ2n) is 3.58. The van der Waals surface area contributed by atoms with Gasteiger partial charge in [-0.15, -0.1) is 0 Å². The van der Waals surface area contributed by atoms with Gasteiger partial charge in [0.15, 0.2) is 0 Å². The summed E-state index contributed by atoms with van der Waals surface area (Å²) < 4.78 is 5.03. The number of ether oxygens (including phenoxy) is 1. The maximum atomic E-state index is 9.79. The number of methoxy groups -OCH3 is 1. The third-order valence-electron chi connectivity index (χ3n) is 2.15. The van der Waals surface area contributed by atoms with Crippen LogP contribution in [0, 0.1) is 5.92 Å². The molecule has 3 heteroatoms. The third-order valence-corrected chi connectivity index (χ3v) is 2.44. The van der Waals surface area contributed by atoms with Crippen LogP contribution in [0.3, 0.4) is 0 Å². The highest BCUT2D eigenvalue weighted by Crippen LogP contribution is 2.29. The molecule has 1 unspecified atom stereocenters. The van der Waals surface area contributed by atoms with E-state index in [0.717, 1.165) is 5.56 Å². The van der Waals surface area contributed by atoms with Crippen LogP contribution in [0.15, 0.2) is 18.2 Å². The Morgan fingerprint density at radius 3 is 2.43 bits per heavy atom. The molecular weight excluding hydrogens is 200 g/mol. The maximum absolute atomic E-state index is 9.79. The van der Waals surface area contributed by atoms with Crippen LogP contribution in [0.1, 0.15) is 25.5 Å². The van der Waals surface area contributed by atoms with Crippen molar-refractivity contribution in [1.29, 1.82) is 0 Å². The Morgan fingerprint density at radius 1 is 1.36 bits per heavy atom. The Kier molecular flexibility index (Phi) is 3.78. The van der Waals surface area contributed by atoms with Crippen molar-refractivity contribution in [2.75, 3.05) is 7.11 Å². The van der Waals surface area contributed by atoms with Gasteiger partial charge in [0.1, 0.15) is 5.75 Å². The van der Waals surface area contributed by atoms with Gasteiger partial charge in [-0.05, 0) is 23.6 Å². The summed E-state index contributed by atoms with van der Waals surface area (Å²) in [7, 11) is 1.57. The van der Waals surface area contributed by atoms with Crippen molar-refractivity contribution < 1.29 is 9.84 Å². The van der Waals surface area contributed by atoms with Crippen molar-refractivity contribution >= 4 is 11.6 Å². The van der Waals surface area contributed by atoms with E-state index in [0.29, 0.717) is 10.8 Å². The monoisotopic (exact) mass is 214 g/mol. The third kappa shape index (κ3) is 2.40. The Balaban J connectivity index is 2.96. The summed E-state index contributed by atoms with van der Waals surface area (Å²) in [5, 5.41) is 10.3. The van der Waals surface area contributed by atoms with Crippen LogP contribution in [-0.4, -0.2) is 12.2 Å². The molecule has 0 amide bonds. The Morgan fingerprint density at radius 2 is 2.00 bits per heavy atom. The number of rotatable bonds is 3. The van der Waals surface area contributed by atoms with Crippen molar-refractivity contribution in [3.8, 4) is 5.75 Å². The normalized spacial score (nSPS) is 13.0. The van der Waals surface area contributed by atoms with Crippen LogP contribution in [-0.2, 0) is 0 Å². The topological polar surface area (TPSA) is 29.5 Å². The van der Waals surface area contributed by atoms with E-state index in [-0.39, 0.29) is 5.92 Å². The van der Waals surface area contributed by atoms with Crippen molar-refractivity contribution in [2.24, 2.45) is 5.92 Å². The molecule has 0 saturated carbocycles. The predicted molar refractivity (Wildman–Crippen MR) is 57.8 cm³/mol. The highest BCUT2D eigenvalue weighted by atomic mass is 35.5. The number of hydrogen-bond donors (Lipinski definition) is 1. The zero-order chi connectivity index (χ0) is 10.7. The molecule has 1 aromatic carbocycles. The summed E-state index contributed by atoms with van der Waals surface area (Å²) >= 11 is 5.94. The van der Waals surface area contributed by atoms with E-state index in [1.54, 1.807) is 19.2 Å². The van der Waals surface area contributed by atoms with Crippen molar-refractivity contribution in [2.45, 2.75) is 20.0 Å². The SMILES string of the molecule is COc1ccc(C(O)C(C)C)cc1Cl. The largest absolute Gasteiger partial charge is 0.495 e. The van der Waals surface area contributed by atoms with Gasteiger partial charge in [-0.25, -0.2) is 0 Å². The molecule has 0 aliphatic rings. The summed E-state index contributed by atoms with van der Waals surface area (Å²) in [5.74, 6) is 0.811. The summed E-state index contributed by atoms with van der Waals surface area (Å²) in [5.41, 5.74) is 0.825. The molecule has 1 N–H and O–H groups in total. The zero-order valence-corrected chi connectivity index (χ0v) is 9.38. The van der Waals surface area contributed by atoms with Gasteiger partial charge in [0.2, 0.25) is 0 Å². The molecule has 0 saturated heterocycles. The summed E-state index contributed by atoms with van der Waals surface area (Å²) in [6.07, 6.45) is -0.474. The molecule has 0 heterocycles. The van der Waals surface area contributed by atoms with Gasteiger partial charge in [0.25, 0.3) is 0 Å². The average Bonchev–Trinajstić information content (AvgIpc) is 2.16.